The van der Waals surface area contributed by atoms with Crippen molar-refractivity contribution < 1.29 is 0 Å². The second-order valence-corrected chi connectivity index (χ2v) is 8.02. The largest absolute Gasteiger partial charge is 0.289 e. The Bertz CT molecular complexity index is 1090. The summed E-state index contributed by atoms with van der Waals surface area (Å²) in [6, 6.07) is 25.9. The zero-order valence-electron chi connectivity index (χ0n) is 27.5. The van der Waals surface area contributed by atoms with Gasteiger partial charge in [-0.15, -0.1) is 0 Å². The number of aryl methyl sites for hydroxylation is 3. The molecule has 0 aromatic heterocycles. The maximum absolute atomic E-state index is 4.52. The Labute approximate surface area is 247 Å². The van der Waals surface area contributed by atoms with E-state index < -0.39 is 0 Å². The molecule has 0 unspecified atom stereocenters. The summed E-state index contributed by atoms with van der Waals surface area (Å²) in [5.74, 6) is 0. The van der Waals surface area contributed by atoms with E-state index in [4.69, 9.17) is 0 Å². The molecule has 3 aromatic rings. The first-order valence-electron chi connectivity index (χ1n) is 15.2. The molecule has 0 saturated carbocycles. The summed E-state index contributed by atoms with van der Waals surface area (Å²) >= 11 is 0. The molecule has 3 aromatic carbocycles. The van der Waals surface area contributed by atoms with Gasteiger partial charge in [0.05, 0.1) is 17.1 Å². The molecule has 1 aliphatic carbocycles. The van der Waals surface area contributed by atoms with Crippen LogP contribution in [0.3, 0.4) is 0 Å². The molecule has 0 bridgehead atoms. The summed E-state index contributed by atoms with van der Waals surface area (Å²) in [6.07, 6.45) is 10.0. The van der Waals surface area contributed by atoms with Crippen LogP contribution in [0.2, 0.25) is 0 Å². The van der Waals surface area contributed by atoms with Gasteiger partial charge in [0.1, 0.15) is 0 Å². The van der Waals surface area contributed by atoms with Crippen molar-refractivity contribution in [2.45, 2.75) is 89.0 Å². The lowest BCUT2D eigenvalue weighted by Gasteiger charge is -2.03. The van der Waals surface area contributed by atoms with E-state index in [9.17, 15) is 0 Å². The van der Waals surface area contributed by atoms with Gasteiger partial charge in [-0.05, 0) is 79.8 Å². The maximum atomic E-state index is 4.52. The smallest absolute Gasteiger partial charge is 0.0638 e. The second-order valence-electron chi connectivity index (χ2n) is 8.02. The zero-order valence-corrected chi connectivity index (χ0v) is 27.5. The number of hydrogen-bond donors (Lipinski definition) is 0. The Morgan fingerprint density at radius 3 is 1.23 bits per heavy atom. The third kappa shape index (κ3) is 16.4. The first-order valence-corrected chi connectivity index (χ1v) is 15.2. The molecule has 1 aliphatic rings. The van der Waals surface area contributed by atoms with Crippen molar-refractivity contribution in [2.75, 3.05) is 7.05 Å². The molecule has 4 rings (SSSR count). The first-order chi connectivity index (χ1) is 19.6. The Kier molecular flexibility index (Phi) is 24.9. The van der Waals surface area contributed by atoms with E-state index in [1.165, 1.54) is 27.8 Å². The van der Waals surface area contributed by atoms with Crippen molar-refractivity contribution in [1.29, 1.82) is 0 Å². The summed E-state index contributed by atoms with van der Waals surface area (Å²) < 4.78 is 0. The average molecular weight is 541 g/mol. The standard InChI is InChI=1S/C16H18.C14H14N2.4C2H6/c1-3-14-8-10-16(11-9-14)12-15-6-4-13(2)5-7-15;1-11-3-5-13(6-4-11)16-14-9-7-12(15-2)8-10-14;4*1-2/h4-11H,3,12H2,1-2H3;3-10H,1-2H3;4*1-2H3. The quantitative estimate of drug-likeness (QED) is 0.294. The normalized spacial score (nSPS) is 10.4. The summed E-state index contributed by atoms with van der Waals surface area (Å²) in [5.41, 5.74) is 9.67. The van der Waals surface area contributed by atoms with Gasteiger partial charge in [0.15, 0.2) is 0 Å². The molecule has 218 valence electrons. The number of hydrogen-bond acceptors (Lipinski definition) is 2. The van der Waals surface area contributed by atoms with Crippen LogP contribution in [0.25, 0.3) is 0 Å². The molecule has 0 N–H and O–H groups in total. The number of aliphatic imine (C=N–C) groups is 2. The topological polar surface area (TPSA) is 24.7 Å². The van der Waals surface area contributed by atoms with E-state index in [1.807, 2.05) is 91.8 Å². The van der Waals surface area contributed by atoms with Crippen LogP contribution in [0.4, 0.5) is 5.69 Å². The highest BCUT2D eigenvalue weighted by atomic mass is 14.7. The Morgan fingerprint density at radius 1 is 0.475 bits per heavy atom. The highest BCUT2D eigenvalue weighted by molar-refractivity contribution is 6.18. The third-order valence-corrected chi connectivity index (χ3v) is 5.36. The Hall–Kier alpha value is -3.52. The van der Waals surface area contributed by atoms with E-state index in [0.717, 1.165) is 30.0 Å². The highest BCUT2D eigenvalue weighted by Gasteiger charge is 1.98. The van der Waals surface area contributed by atoms with Crippen LogP contribution in [0.5, 0.6) is 0 Å². The molecular formula is C38H56N2. The molecule has 2 heteroatoms. The van der Waals surface area contributed by atoms with E-state index >= 15 is 0 Å². The van der Waals surface area contributed by atoms with Crippen molar-refractivity contribution in [3.63, 3.8) is 0 Å². The second kappa shape index (κ2) is 25.7. The SMILES string of the molecule is CC.CC.CC.CC.CCc1ccc(Cc2ccc(C)cc2)cc1.CN=C1C=CC(=Nc2ccc(C)cc2)C=C1. The molecule has 0 amide bonds. The van der Waals surface area contributed by atoms with Gasteiger partial charge in [0.2, 0.25) is 0 Å². The lowest BCUT2D eigenvalue weighted by atomic mass is 10.0. The van der Waals surface area contributed by atoms with Crippen LogP contribution in [0.15, 0.2) is 107 Å². The molecule has 0 atom stereocenters. The molecule has 0 aliphatic heterocycles. The molecule has 0 fully saturated rings. The van der Waals surface area contributed by atoms with Crippen molar-refractivity contribution in [3.05, 3.63) is 125 Å². The van der Waals surface area contributed by atoms with Crippen LogP contribution in [0.1, 0.15) is 90.1 Å². The van der Waals surface area contributed by atoms with Crippen molar-refractivity contribution in [2.24, 2.45) is 9.98 Å². The van der Waals surface area contributed by atoms with Crippen molar-refractivity contribution >= 4 is 17.1 Å². The Morgan fingerprint density at radius 2 is 0.825 bits per heavy atom. The van der Waals surface area contributed by atoms with Crippen LogP contribution in [-0.4, -0.2) is 18.5 Å². The van der Waals surface area contributed by atoms with Crippen LogP contribution in [-0.2, 0) is 12.8 Å². The molecule has 0 saturated heterocycles. The average Bonchev–Trinajstić information content (AvgIpc) is 3.04. The number of rotatable bonds is 4. The summed E-state index contributed by atoms with van der Waals surface area (Å²) in [4.78, 5) is 8.60. The van der Waals surface area contributed by atoms with Gasteiger partial charge >= 0.3 is 0 Å². The fourth-order valence-corrected chi connectivity index (χ4v) is 3.28. The minimum absolute atomic E-state index is 0.955. The molecule has 40 heavy (non-hydrogen) atoms. The predicted octanol–water partition coefficient (Wildman–Crippen LogP) is 11.5. The fraction of sp³-hybridized carbons (Fsp3) is 0.368. The van der Waals surface area contributed by atoms with Gasteiger partial charge in [0.25, 0.3) is 0 Å². The van der Waals surface area contributed by atoms with Gasteiger partial charge in [-0.3, -0.25) is 4.99 Å². The van der Waals surface area contributed by atoms with E-state index in [2.05, 4.69) is 91.4 Å². The van der Waals surface area contributed by atoms with Crippen molar-refractivity contribution in [1.82, 2.24) is 0 Å². The Balaban J connectivity index is 0. The summed E-state index contributed by atoms with van der Waals surface area (Å²) in [5, 5.41) is 0. The van der Waals surface area contributed by atoms with Gasteiger partial charge in [-0.2, -0.15) is 0 Å². The predicted molar refractivity (Wildman–Crippen MR) is 185 cm³/mol. The van der Waals surface area contributed by atoms with E-state index in [1.54, 1.807) is 7.05 Å². The van der Waals surface area contributed by atoms with E-state index in [0.29, 0.717) is 0 Å². The first kappa shape index (κ1) is 38.6. The third-order valence-electron chi connectivity index (χ3n) is 5.36. The van der Waals surface area contributed by atoms with Crippen LogP contribution < -0.4 is 0 Å². The van der Waals surface area contributed by atoms with Crippen LogP contribution in [0, 0.1) is 13.8 Å². The maximum Gasteiger partial charge on any atom is 0.0638 e. The van der Waals surface area contributed by atoms with Gasteiger partial charge < -0.3 is 0 Å². The van der Waals surface area contributed by atoms with Crippen molar-refractivity contribution in [3.8, 4) is 0 Å². The summed E-state index contributed by atoms with van der Waals surface area (Å²) in [7, 11) is 1.78. The number of allylic oxidation sites excluding steroid dienone is 4. The number of nitrogens with zero attached hydrogens (tertiary/aromatic N) is 2. The molecular weight excluding hydrogens is 484 g/mol. The molecule has 2 nitrogen and oxygen atoms in total. The molecule has 0 spiro atoms. The van der Waals surface area contributed by atoms with Gasteiger partial charge in [-0.1, -0.05) is 134 Å². The fourth-order valence-electron chi connectivity index (χ4n) is 3.28. The highest BCUT2D eigenvalue weighted by Crippen LogP contribution is 2.14. The minimum atomic E-state index is 0.955. The summed E-state index contributed by atoms with van der Waals surface area (Å²) in [6.45, 7) is 22.4. The van der Waals surface area contributed by atoms with Gasteiger partial charge in [0, 0.05) is 7.05 Å². The molecule has 0 radical (unpaired) electrons. The van der Waals surface area contributed by atoms with Crippen LogP contribution >= 0.6 is 0 Å². The number of benzene rings is 3. The van der Waals surface area contributed by atoms with Gasteiger partial charge in [-0.25, -0.2) is 4.99 Å². The van der Waals surface area contributed by atoms with E-state index in [-0.39, 0.29) is 0 Å². The lowest BCUT2D eigenvalue weighted by Crippen LogP contribution is -1.99. The minimum Gasteiger partial charge on any atom is -0.289 e. The zero-order chi connectivity index (χ0) is 30.8. The lowest BCUT2D eigenvalue weighted by molar-refractivity contribution is 1.12. The molecule has 0 heterocycles. The monoisotopic (exact) mass is 540 g/mol.